The zero-order valence-electron chi connectivity index (χ0n) is 11.1. The van der Waals surface area contributed by atoms with Crippen molar-refractivity contribution in [1.29, 1.82) is 0 Å². The molecule has 20 heavy (non-hydrogen) atoms. The van der Waals surface area contributed by atoms with Crippen LogP contribution in [0.4, 0.5) is 17.1 Å². The average molecular weight is 272 g/mol. The molecule has 2 aromatic carbocycles. The van der Waals surface area contributed by atoms with Crippen molar-refractivity contribution in [2.75, 3.05) is 5.32 Å². The fourth-order valence-corrected chi connectivity index (χ4v) is 1.96. The van der Waals surface area contributed by atoms with Gasteiger partial charge in [0.2, 0.25) is 0 Å². The minimum Gasteiger partial charge on any atom is -0.393 e. The number of nitrogens with zero attached hydrogens (tertiary/aromatic N) is 1. The maximum Gasteiger partial charge on any atom is 0.292 e. The van der Waals surface area contributed by atoms with Crippen molar-refractivity contribution in [3.8, 4) is 0 Å². The van der Waals surface area contributed by atoms with Crippen LogP contribution in [0.2, 0.25) is 0 Å². The van der Waals surface area contributed by atoms with E-state index in [4.69, 9.17) is 0 Å². The number of benzene rings is 2. The Morgan fingerprint density at radius 2 is 1.85 bits per heavy atom. The molecule has 0 heterocycles. The van der Waals surface area contributed by atoms with Crippen LogP contribution in [0.1, 0.15) is 12.5 Å². The van der Waals surface area contributed by atoms with Gasteiger partial charge in [0.15, 0.2) is 0 Å². The average Bonchev–Trinajstić information content (AvgIpc) is 2.41. The van der Waals surface area contributed by atoms with Crippen LogP contribution in [-0.2, 0) is 6.42 Å². The molecular weight excluding hydrogens is 256 g/mol. The number of hydrogen-bond acceptors (Lipinski definition) is 4. The molecule has 0 radical (unpaired) electrons. The van der Waals surface area contributed by atoms with Crippen molar-refractivity contribution in [3.63, 3.8) is 0 Å². The number of nitro benzene ring substituents is 1. The first-order valence-electron chi connectivity index (χ1n) is 6.33. The third-order valence-electron chi connectivity index (χ3n) is 2.86. The number of hydrogen-bond donors (Lipinski definition) is 2. The predicted octanol–water partition coefficient (Wildman–Crippen LogP) is 3.26. The molecule has 5 heteroatoms. The summed E-state index contributed by atoms with van der Waals surface area (Å²) in [5.74, 6) is 0. The summed E-state index contributed by atoms with van der Waals surface area (Å²) in [5, 5.41) is 23.3. The van der Waals surface area contributed by atoms with E-state index in [1.807, 2.05) is 24.3 Å². The summed E-state index contributed by atoms with van der Waals surface area (Å²) in [4.78, 5) is 10.5. The SMILES string of the molecule is C[C@@H](O)Cc1ccc(Nc2ccccc2[N+](=O)[O-])cc1. The molecule has 2 aromatic rings. The summed E-state index contributed by atoms with van der Waals surface area (Å²) in [6, 6.07) is 14.0. The molecule has 0 unspecified atom stereocenters. The van der Waals surface area contributed by atoms with Gasteiger partial charge in [-0.1, -0.05) is 24.3 Å². The molecule has 0 aromatic heterocycles. The smallest absolute Gasteiger partial charge is 0.292 e. The molecule has 0 spiro atoms. The standard InChI is InChI=1S/C15H16N2O3/c1-11(18)10-12-6-8-13(9-7-12)16-14-4-2-3-5-15(14)17(19)20/h2-9,11,16,18H,10H2,1H3/t11-/m1/s1. The Bertz CT molecular complexity index is 594. The van der Waals surface area contributed by atoms with Gasteiger partial charge in [0.25, 0.3) is 5.69 Å². The topological polar surface area (TPSA) is 75.4 Å². The van der Waals surface area contributed by atoms with Crippen LogP contribution in [-0.4, -0.2) is 16.1 Å². The predicted molar refractivity (Wildman–Crippen MR) is 78.2 cm³/mol. The van der Waals surface area contributed by atoms with Gasteiger partial charge >= 0.3 is 0 Å². The summed E-state index contributed by atoms with van der Waals surface area (Å²) >= 11 is 0. The molecule has 0 amide bonds. The van der Waals surface area contributed by atoms with Gasteiger partial charge in [-0.15, -0.1) is 0 Å². The van der Waals surface area contributed by atoms with Gasteiger partial charge in [0.1, 0.15) is 5.69 Å². The second kappa shape index (κ2) is 6.16. The molecular formula is C15H16N2O3. The van der Waals surface area contributed by atoms with E-state index in [0.29, 0.717) is 12.1 Å². The monoisotopic (exact) mass is 272 g/mol. The molecule has 2 rings (SSSR count). The number of anilines is 2. The first-order valence-corrected chi connectivity index (χ1v) is 6.33. The van der Waals surface area contributed by atoms with Crippen molar-refractivity contribution >= 4 is 17.1 Å². The molecule has 0 fully saturated rings. The van der Waals surface area contributed by atoms with Crippen LogP contribution in [0.15, 0.2) is 48.5 Å². The van der Waals surface area contributed by atoms with Crippen LogP contribution in [0.25, 0.3) is 0 Å². The summed E-state index contributed by atoms with van der Waals surface area (Å²) in [7, 11) is 0. The Balaban J connectivity index is 2.16. The van der Waals surface area contributed by atoms with E-state index in [-0.39, 0.29) is 11.8 Å². The Hall–Kier alpha value is -2.40. The molecule has 0 aliphatic heterocycles. The number of nitrogens with one attached hydrogen (secondary N) is 1. The molecule has 5 nitrogen and oxygen atoms in total. The maximum absolute atomic E-state index is 10.9. The molecule has 0 bridgehead atoms. The molecule has 0 saturated carbocycles. The maximum atomic E-state index is 10.9. The highest BCUT2D eigenvalue weighted by Crippen LogP contribution is 2.27. The quantitative estimate of drug-likeness (QED) is 0.647. The minimum absolute atomic E-state index is 0.0422. The molecule has 1 atom stereocenters. The van der Waals surface area contributed by atoms with Gasteiger partial charge in [-0.3, -0.25) is 10.1 Å². The number of aliphatic hydroxyl groups is 1. The van der Waals surface area contributed by atoms with Crippen LogP contribution >= 0.6 is 0 Å². The van der Waals surface area contributed by atoms with Crippen LogP contribution < -0.4 is 5.32 Å². The molecule has 0 aliphatic rings. The highest BCUT2D eigenvalue weighted by molar-refractivity contribution is 5.69. The van der Waals surface area contributed by atoms with E-state index in [1.54, 1.807) is 25.1 Å². The van der Waals surface area contributed by atoms with Gasteiger partial charge in [0, 0.05) is 11.8 Å². The first kappa shape index (κ1) is 14.0. The van der Waals surface area contributed by atoms with Crippen molar-refractivity contribution in [2.24, 2.45) is 0 Å². The van der Waals surface area contributed by atoms with Gasteiger partial charge in [0.05, 0.1) is 11.0 Å². The van der Waals surface area contributed by atoms with Gasteiger partial charge in [-0.2, -0.15) is 0 Å². The molecule has 104 valence electrons. The van der Waals surface area contributed by atoms with Gasteiger partial charge in [-0.25, -0.2) is 0 Å². The van der Waals surface area contributed by atoms with E-state index in [9.17, 15) is 15.2 Å². The lowest BCUT2D eigenvalue weighted by Gasteiger charge is -2.09. The highest BCUT2D eigenvalue weighted by atomic mass is 16.6. The molecule has 2 N–H and O–H groups in total. The molecule has 0 aliphatic carbocycles. The van der Waals surface area contributed by atoms with Crippen LogP contribution in [0.5, 0.6) is 0 Å². The summed E-state index contributed by atoms with van der Waals surface area (Å²) < 4.78 is 0. The van der Waals surface area contributed by atoms with Crippen molar-refractivity contribution < 1.29 is 10.0 Å². The van der Waals surface area contributed by atoms with E-state index >= 15 is 0 Å². The second-order valence-corrected chi connectivity index (χ2v) is 4.65. The van der Waals surface area contributed by atoms with Crippen molar-refractivity contribution in [3.05, 3.63) is 64.2 Å². The van der Waals surface area contributed by atoms with Crippen molar-refractivity contribution in [2.45, 2.75) is 19.4 Å². The summed E-state index contributed by atoms with van der Waals surface area (Å²) in [5.41, 5.74) is 2.29. The summed E-state index contributed by atoms with van der Waals surface area (Å²) in [6.07, 6.45) is 0.204. The zero-order chi connectivity index (χ0) is 14.5. The fourth-order valence-electron chi connectivity index (χ4n) is 1.96. The Morgan fingerprint density at radius 1 is 1.20 bits per heavy atom. The largest absolute Gasteiger partial charge is 0.393 e. The third kappa shape index (κ3) is 3.55. The zero-order valence-corrected chi connectivity index (χ0v) is 11.1. The lowest BCUT2D eigenvalue weighted by molar-refractivity contribution is -0.383. The van der Waals surface area contributed by atoms with E-state index in [0.717, 1.165) is 11.3 Å². The first-order chi connectivity index (χ1) is 9.56. The Kier molecular flexibility index (Phi) is 4.32. The Morgan fingerprint density at radius 3 is 2.45 bits per heavy atom. The van der Waals surface area contributed by atoms with Crippen molar-refractivity contribution in [1.82, 2.24) is 0 Å². The van der Waals surface area contributed by atoms with Crippen LogP contribution in [0, 0.1) is 10.1 Å². The van der Waals surface area contributed by atoms with E-state index in [2.05, 4.69) is 5.32 Å². The fraction of sp³-hybridized carbons (Fsp3) is 0.200. The van der Waals surface area contributed by atoms with Crippen LogP contribution in [0.3, 0.4) is 0 Å². The number of nitro groups is 1. The summed E-state index contributed by atoms with van der Waals surface area (Å²) in [6.45, 7) is 1.74. The third-order valence-corrected chi connectivity index (χ3v) is 2.86. The minimum atomic E-state index is -0.413. The van der Waals surface area contributed by atoms with Gasteiger partial charge < -0.3 is 10.4 Å². The number of para-hydroxylation sites is 2. The Labute approximate surface area is 117 Å². The normalized spacial score (nSPS) is 11.9. The number of aliphatic hydroxyl groups excluding tert-OH is 1. The molecule has 0 saturated heterocycles. The lowest BCUT2D eigenvalue weighted by Crippen LogP contribution is -2.04. The van der Waals surface area contributed by atoms with E-state index < -0.39 is 4.92 Å². The second-order valence-electron chi connectivity index (χ2n) is 4.65. The van der Waals surface area contributed by atoms with E-state index in [1.165, 1.54) is 6.07 Å². The lowest BCUT2D eigenvalue weighted by atomic mass is 10.1. The highest BCUT2D eigenvalue weighted by Gasteiger charge is 2.12. The number of rotatable bonds is 5. The van der Waals surface area contributed by atoms with Gasteiger partial charge in [-0.05, 0) is 37.1 Å².